The summed E-state index contributed by atoms with van der Waals surface area (Å²) >= 11 is 0. The molecule has 2 aromatic rings. The van der Waals surface area contributed by atoms with Gasteiger partial charge in [0, 0.05) is 42.4 Å². The highest BCUT2D eigenvalue weighted by Crippen LogP contribution is 2.18. The Hall–Kier alpha value is -1.61. The average molecular weight is 515 g/mol. The third kappa shape index (κ3) is 8.60. The zero-order valence-electron chi connectivity index (χ0n) is 16.7. The molecule has 0 bridgehead atoms. The topological polar surface area (TPSA) is 62.7 Å². The van der Waals surface area contributed by atoms with E-state index in [1.807, 2.05) is 37.3 Å². The monoisotopic (exact) mass is 515 g/mol. The maximum absolute atomic E-state index is 12.2. The average Bonchev–Trinajstić information content (AvgIpc) is 2.68. The van der Waals surface area contributed by atoms with Crippen LogP contribution in [0.1, 0.15) is 16.7 Å². The Morgan fingerprint density at radius 2 is 1.79 bits per heavy atom. The summed E-state index contributed by atoms with van der Waals surface area (Å²) in [6.07, 6.45) is 0.872. The highest BCUT2D eigenvalue weighted by molar-refractivity contribution is 14.0. The van der Waals surface area contributed by atoms with Gasteiger partial charge in [0.05, 0.1) is 7.11 Å². The Labute approximate surface area is 187 Å². The number of benzene rings is 2. The Morgan fingerprint density at radius 1 is 1.07 bits per heavy atom. The Kier molecular flexibility index (Phi) is 11.8. The van der Waals surface area contributed by atoms with Gasteiger partial charge in [-0.3, -0.25) is 9.20 Å². The molecular formula is C21H30IN3O2S. The van der Waals surface area contributed by atoms with Gasteiger partial charge in [0.2, 0.25) is 0 Å². The summed E-state index contributed by atoms with van der Waals surface area (Å²) in [5.74, 6) is 2.82. The molecule has 0 amide bonds. The number of hydrogen-bond donors (Lipinski definition) is 2. The second-order valence-corrected chi connectivity index (χ2v) is 7.83. The van der Waals surface area contributed by atoms with Crippen molar-refractivity contribution in [2.24, 2.45) is 4.99 Å². The molecule has 0 saturated carbocycles. The number of nitrogens with zero attached hydrogens (tertiary/aromatic N) is 1. The highest BCUT2D eigenvalue weighted by Gasteiger charge is 2.04. The van der Waals surface area contributed by atoms with Gasteiger partial charge in [0.25, 0.3) is 0 Å². The molecule has 0 heterocycles. The summed E-state index contributed by atoms with van der Waals surface area (Å²) in [6, 6.07) is 16.2. The van der Waals surface area contributed by atoms with Crippen LogP contribution < -0.4 is 15.4 Å². The molecule has 7 heteroatoms. The lowest BCUT2D eigenvalue weighted by Gasteiger charge is -2.12. The Balaban J connectivity index is 0.00000392. The lowest BCUT2D eigenvalue weighted by Crippen LogP contribution is -2.40. The van der Waals surface area contributed by atoms with Gasteiger partial charge in [-0.1, -0.05) is 42.5 Å². The first-order valence-corrected chi connectivity index (χ1v) is 10.6. The zero-order valence-corrected chi connectivity index (χ0v) is 19.9. The van der Waals surface area contributed by atoms with Gasteiger partial charge in [0.15, 0.2) is 5.96 Å². The fourth-order valence-electron chi connectivity index (χ4n) is 2.68. The number of aryl methyl sites for hydroxylation is 1. The van der Waals surface area contributed by atoms with Crippen molar-refractivity contribution in [3.63, 3.8) is 0 Å². The van der Waals surface area contributed by atoms with Crippen molar-refractivity contribution in [2.75, 3.05) is 33.0 Å². The van der Waals surface area contributed by atoms with Gasteiger partial charge < -0.3 is 15.4 Å². The molecule has 2 N–H and O–H groups in total. The van der Waals surface area contributed by atoms with Crippen molar-refractivity contribution in [3.8, 4) is 5.75 Å². The molecule has 0 saturated heterocycles. The number of methoxy groups -OCH3 is 1. The van der Waals surface area contributed by atoms with Crippen LogP contribution in [0.3, 0.4) is 0 Å². The van der Waals surface area contributed by atoms with Crippen LogP contribution in [0, 0.1) is 6.92 Å². The van der Waals surface area contributed by atoms with Crippen molar-refractivity contribution in [1.82, 2.24) is 10.6 Å². The van der Waals surface area contributed by atoms with Gasteiger partial charge in [0.1, 0.15) is 5.75 Å². The molecule has 2 rings (SSSR count). The van der Waals surface area contributed by atoms with Crippen LogP contribution in [-0.4, -0.2) is 43.2 Å². The fraction of sp³-hybridized carbons (Fsp3) is 0.381. The fourth-order valence-corrected chi connectivity index (χ4v) is 3.72. The molecule has 5 nitrogen and oxygen atoms in total. The van der Waals surface area contributed by atoms with Crippen LogP contribution >= 0.6 is 24.0 Å². The standard InChI is InChI=1S/C21H29N3O2S.HI/c1-17-9-10-18(15-20(17)26-3)11-12-23-21(22-2)24-13-14-27(25)16-19-7-5-4-6-8-19;/h4-10,15H,11-14,16H2,1-3H3,(H2,22,23,24);1H. The lowest BCUT2D eigenvalue weighted by atomic mass is 10.1. The van der Waals surface area contributed by atoms with Gasteiger partial charge in [-0.25, -0.2) is 0 Å². The highest BCUT2D eigenvalue weighted by atomic mass is 127. The Bertz CT molecular complexity index is 770. The molecule has 0 aliphatic rings. The predicted molar refractivity (Wildman–Crippen MR) is 129 cm³/mol. The third-order valence-corrected chi connectivity index (χ3v) is 5.51. The van der Waals surface area contributed by atoms with Crippen molar-refractivity contribution in [1.29, 1.82) is 0 Å². The van der Waals surface area contributed by atoms with Crippen molar-refractivity contribution in [2.45, 2.75) is 19.1 Å². The molecule has 0 aliphatic carbocycles. The SMILES string of the molecule is CN=C(NCCc1ccc(C)c(OC)c1)NCCS(=O)Cc1ccccc1.I. The van der Waals surface area contributed by atoms with E-state index in [1.165, 1.54) is 5.56 Å². The second kappa shape index (κ2) is 13.5. The molecule has 0 radical (unpaired) electrons. The third-order valence-electron chi connectivity index (χ3n) is 4.19. The van der Waals surface area contributed by atoms with Gasteiger partial charge in [-0.2, -0.15) is 0 Å². The van der Waals surface area contributed by atoms with Crippen molar-refractivity contribution < 1.29 is 8.95 Å². The van der Waals surface area contributed by atoms with Crippen LogP contribution in [0.25, 0.3) is 0 Å². The van der Waals surface area contributed by atoms with E-state index < -0.39 is 10.8 Å². The van der Waals surface area contributed by atoms with E-state index in [0.717, 1.165) is 35.8 Å². The van der Waals surface area contributed by atoms with Crippen molar-refractivity contribution >= 4 is 40.7 Å². The van der Waals surface area contributed by atoms with Crippen molar-refractivity contribution in [3.05, 3.63) is 65.2 Å². The Morgan fingerprint density at radius 3 is 2.46 bits per heavy atom. The number of aliphatic imine (C=N–C) groups is 1. The number of rotatable bonds is 9. The second-order valence-electron chi connectivity index (χ2n) is 6.25. The van der Waals surface area contributed by atoms with Crippen LogP contribution in [0.5, 0.6) is 5.75 Å². The van der Waals surface area contributed by atoms with Crippen LogP contribution in [0.15, 0.2) is 53.5 Å². The molecule has 0 aliphatic heterocycles. The van der Waals surface area contributed by atoms with E-state index in [4.69, 9.17) is 4.74 Å². The maximum Gasteiger partial charge on any atom is 0.191 e. The molecule has 0 aromatic heterocycles. The first-order chi connectivity index (χ1) is 13.1. The summed E-state index contributed by atoms with van der Waals surface area (Å²) in [7, 11) is 2.54. The quantitative estimate of drug-likeness (QED) is 0.306. The maximum atomic E-state index is 12.2. The number of ether oxygens (including phenoxy) is 1. The first kappa shape index (κ1) is 24.4. The normalized spacial score (nSPS) is 12.0. The van der Waals surface area contributed by atoms with E-state index >= 15 is 0 Å². The summed E-state index contributed by atoms with van der Waals surface area (Å²) in [6.45, 7) is 3.42. The van der Waals surface area contributed by atoms with Crippen LogP contribution in [0.2, 0.25) is 0 Å². The van der Waals surface area contributed by atoms with E-state index in [9.17, 15) is 4.21 Å². The van der Waals surface area contributed by atoms with Crippen LogP contribution in [-0.2, 0) is 23.0 Å². The lowest BCUT2D eigenvalue weighted by molar-refractivity contribution is 0.411. The molecule has 1 atom stereocenters. The first-order valence-electron chi connectivity index (χ1n) is 9.09. The number of halogens is 1. The van der Waals surface area contributed by atoms with Gasteiger partial charge >= 0.3 is 0 Å². The van der Waals surface area contributed by atoms with E-state index in [2.05, 4.69) is 33.8 Å². The van der Waals surface area contributed by atoms with Gasteiger partial charge in [-0.05, 0) is 36.1 Å². The minimum absolute atomic E-state index is 0. The van der Waals surface area contributed by atoms with E-state index in [-0.39, 0.29) is 24.0 Å². The summed E-state index contributed by atoms with van der Waals surface area (Å²) < 4.78 is 17.5. The van der Waals surface area contributed by atoms with E-state index in [1.54, 1.807) is 14.2 Å². The molecule has 1 unspecified atom stereocenters. The van der Waals surface area contributed by atoms with Crippen LogP contribution in [0.4, 0.5) is 0 Å². The molecule has 28 heavy (non-hydrogen) atoms. The van der Waals surface area contributed by atoms with E-state index in [0.29, 0.717) is 18.1 Å². The summed E-state index contributed by atoms with van der Waals surface area (Å²) in [5, 5.41) is 6.52. The molecular weight excluding hydrogens is 485 g/mol. The van der Waals surface area contributed by atoms with Gasteiger partial charge in [-0.15, -0.1) is 24.0 Å². The smallest absolute Gasteiger partial charge is 0.191 e. The number of nitrogens with one attached hydrogen (secondary N) is 2. The number of guanidine groups is 1. The molecule has 0 spiro atoms. The molecule has 2 aromatic carbocycles. The predicted octanol–water partition coefficient (Wildman–Crippen LogP) is 3.28. The summed E-state index contributed by atoms with van der Waals surface area (Å²) in [5.41, 5.74) is 3.45. The molecule has 154 valence electrons. The minimum atomic E-state index is -0.890. The number of hydrogen-bond acceptors (Lipinski definition) is 3. The minimum Gasteiger partial charge on any atom is -0.496 e. The summed E-state index contributed by atoms with van der Waals surface area (Å²) in [4.78, 5) is 4.22. The zero-order chi connectivity index (χ0) is 19.5. The molecule has 0 fully saturated rings. The largest absolute Gasteiger partial charge is 0.496 e.